The quantitative estimate of drug-likeness (QED) is 0.644. The number of nitro groups is 1. The van der Waals surface area contributed by atoms with Gasteiger partial charge in [0.15, 0.2) is 0 Å². The first-order chi connectivity index (χ1) is 6.06. The van der Waals surface area contributed by atoms with Crippen molar-refractivity contribution in [3.8, 4) is 0 Å². The number of nitro benzene ring substituents is 1. The molecule has 1 rings (SSSR count). The zero-order chi connectivity index (χ0) is 10.0. The highest BCUT2D eigenvalue weighted by Crippen LogP contribution is 2.25. The van der Waals surface area contributed by atoms with Crippen LogP contribution in [0.2, 0.25) is 0 Å². The van der Waals surface area contributed by atoms with E-state index in [0.29, 0.717) is 0 Å². The van der Waals surface area contributed by atoms with E-state index >= 15 is 0 Å². The van der Waals surface area contributed by atoms with Crippen molar-refractivity contribution in [2.45, 2.75) is 6.61 Å². The van der Waals surface area contributed by atoms with Gasteiger partial charge >= 0.3 is 0 Å². The number of hydrogen-bond acceptors (Lipinski definition) is 3. The Hall–Kier alpha value is -1.01. The monoisotopic (exact) mass is 249 g/mol. The summed E-state index contributed by atoms with van der Waals surface area (Å²) in [5.41, 5.74) is -0.327. The van der Waals surface area contributed by atoms with E-state index in [0.717, 1.165) is 12.1 Å². The van der Waals surface area contributed by atoms with Gasteiger partial charge in [-0.25, -0.2) is 4.39 Å². The summed E-state index contributed by atoms with van der Waals surface area (Å²) in [7, 11) is 0. The van der Waals surface area contributed by atoms with E-state index in [1.807, 2.05) is 0 Å². The summed E-state index contributed by atoms with van der Waals surface area (Å²) in [5, 5.41) is 18.9. The average molecular weight is 250 g/mol. The minimum absolute atomic E-state index is 0.0191. The Morgan fingerprint density at radius 2 is 2.23 bits per heavy atom. The Kier molecular flexibility index (Phi) is 2.94. The second kappa shape index (κ2) is 3.80. The molecule has 0 saturated heterocycles. The fraction of sp³-hybridized carbons (Fsp3) is 0.143. The number of halogens is 2. The molecule has 0 bridgehead atoms. The van der Waals surface area contributed by atoms with Gasteiger partial charge in [-0.15, -0.1) is 0 Å². The fourth-order valence-electron chi connectivity index (χ4n) is 0.846. The van der Waals surface area contributed by atoms with Crippen LogP contribution in [-0.4, -0.2) is 10.0 Å². The molecule has 13 heavy (non-hydrogen) atoms. The number of aliphatic hydroxyl groups is 1. The number of hydrogen-bond donors (Lipinski definition) is 1. The molecule has 0 unspecified atom stereocenters. The predicted molar refractivity (Wildman–Crippen MR) is 46.7 cm³/mol. The van der Waals surface area contributed by atoms with E-state index in [9.17, 15) is 14.5 Å². The topological polar surface area (TPSA) is 63.4 Å². The standard InChI is InChI=1S/C7H5BrFNO3/c8-6-1-4(10(12)13)2-7(9)5(6)3-11/h1-2,11H,3H2. The third kappa shape index (κ3) is 2.02. The lowest BCUT2D eigenvalue weighted by Gasteiger charge is -2.01. The van der Waals surface area contributed by atoms with Gasteiger partial charge < -0.3 is 5.11 Å². The number of benzene rings is 1. The zero-order valence-electron chi connectivity index (χ0n) is 6.33. The van der Waals surface area contributed by atoms with Crippen LogP contribution in [-0.2, 0) is 6.61 Å². The van der Waals surface area contributed by atoms with Crippen molar-refractivity contribution >= 4 is 21.6 Å². The second-order valence-electron chi connectivity index (χ2n) is 2.30. The van der Waals surface area contributed by atoms with Crippen LogP contribution in [0.5, 0.6) is 0 Å². The van der Waals surface area contributed by atoms with Crippen molar-refractivity contribution in [3.63, 3.8) is 0 Å². The summed E-state index contributed by atoms with van der Waals surface area (Å²) in [6.07, 6.45) is 0. The van der Waals surface area contributed by atoms with E-state index in [4.69, 9.17) is 5.11 Å². The summed E-state index contributed by atoms with van der Waals surface area (Å²) in [6.45, 7) is -0.496. The molecule has 0 aliphatic carbocycles. The van der Waals surface area contributed by atoms with Gasteiger partial charge in [0, 0.05) is 16.1 Å². The zero-order valence-corrected chi connectivity index (χ0v) is 7.91. The first-order valence-electron chi connectivity index (χ1n) is 3.29. The summed E-state index contributed by atoms with van der Waals surface area (Å²) < 4.78 is 13.2. The molecular weight excluding hydrogens is 245 g/mol. The molecule has 4 nitrogen and oxygen atoms in total. The maximum atomic E-state index is 13.0. The molecule has 0 heterocycles. The molecule has 0 saturated carbocycles. The molecule has 0 aromatic heterocycles. The summed E-state index contributed by atoms with van der Waals surface area (Å²) in [5.74, 6) is -0.788. The van der Waals surface area contributed by atoms with Gasteiger partial charge in [-0.3, -0.25) is 10.1 Å². The second-order valence-corrected chi connectivity index (χ2v) is 3.16. The minimum Gasteiger partial charge on any atom is -0.392 e. The van der Waals surface area contributed by atoms with Gasteiger partial charge in [0.05, 0.1) is 17.6 Å². The highest BCUT2D eigenvalue weighted by Gasteiger charge is 2.14. The molecule has 0 atom stereocenters. The van der Waals surface area contributed by atoms with Gasteiger partial charge in [0.2, 0.25) is 0 Å². The summed E-state index contributed by atoms with van der Waals surface area (Å²) in [6, 6.07) is 1.92. The molecule has 0 radical (unpaired) electrons. The van der Waals surface area contributed by atoms with Crippen LogP contribution in [0.1, 0.15) is 5.56 Å². The van der Waals surface area contributed by atoms with Crippen molar-refractivity contribution in [3.05, 3.63) is 38.1 Å². The fourth-order valence-corrected chi connectivity index (χ4v) is 1.40. The van der Waals surface area contributed by atoms with E-state index in [2.05, 4.69) is 15.9 Å². The number of rotatable bonds is 2. The normalized spacial score (nSPS) is 10.1. The van der Waals surface area contributed by atoms with Gasteiger partial charge in [-0.1, -0.05) is 15.9 Å². The third-order valence-corrected chi connectivity index (χ3v) is 2.20. The number of aliphatic hydroxyl groups excluding tert-OH is 1. The number of nitrogens with zero attached hydrogens (tertiary/aromatic N) is 1. The Balaban J connectivity index is 3.28. The van der Waals surface area contributed by atoms with Crippen molar-refractivity contribution < 1.29 is 14.4 Å². The van der Waals surface area contributed by atoms with Crippen LogP contribution in [0.25, 0.3) is 0 Å². The van der Waals surface area contributed by atoms with Crippen molar-refractivity contribution in [2.24, 2.45) is 0 Å². The highest BCUT2D eigenvalue weighted by molar-refractivity contribution is 9.10. The lowest BCUT2D eigenvalue weighted by molar-refractivity contribution is -0.385. The smallest absolute Gasteiger partial charge is 0.273 e. The van der Waals surface area contributed by atoms with Gasteiger partial charge in [0.25, 0.3) is 5.69 Å². The SMILES string of the molecule is O=[N+]([O-])c1cc(F)c(CO)c(Br)c1. The van der Waals surface area contributed by atoms with E-state index < -0.39 is 17.3 Å². The molecule has 0 amide bonds. The Morgan fingerprint density at radius 1 is 1.62 bits per heavy atom. The van der Waals surface area contributed by atoms with Crippen LogP contribution < -0.4 is 0 Å². The lowest BCUT2D eigenvalue weighted by Crippen LogP contribution is -1.95. The van der Waals surface area contributed by atoms with Crippen molar-refractivity contribution in [1.82, 2.24) is 0 Å². The molecule has 6 heteroatoms. The molecule has 0 spiro atoms. The minimum atomic E-state index is -0.788. The Labute approximate surface area is 81.3 Å². The molecule has 1 N–H and O–H groups in total. The number of non-ortho nitro benzene ring substituents is 1. The van der Waals surface area contributed by atoms with Crippen LogP contribution in [0, 0.1) is 15.9 Å². The predicted octanol–water partition coefficient (Wildman–Crippen LogP) is 1.99. The summed E-state index contributed by atoms with van der Waals surface area (Å²) in [4.78, 5) is 9.56. The molecular formula is C7H5BrFNO3. The lowest BCUT2D eigenvalue weighted by atomic mass is 10.2. The largest absolute Gasteiger partial charge is 0.392 e. The van der Waals surface area contributed by atoms with Crippen LogP contribution in [0.4, 0.5) is 10.1 Å². The highest BCUT2D eigenvalue weighted by atomic mass is 79.9. The maximum absolute atomic E-state index is 13.0. The first-order valence-corrected chi connectivity index (χ1v) is 4.08. The third-order valence-electron chi connectivity index (χ3n) is 1.49. The van der Waals surface area contributed by atoms with Crippen molar-refractivity contribution in [1.29, 1.82) is 0 Å². The molecule has 0 aliphatic rings. The maximum Gasteiger partial charge on any atom is 0.273 e. The van der Waals surface area contributed by atoms with E-state index in [-0.39, 0.29) is 15.7 Å². The van der Waals surface area contributed by atoms with E-state index in [1.165, 1.54) is 0 Å². The van der Waals surface area contributed by atoms with Gasteiger partial charge in [-0.2, -0.15) is 0 Å². The average Bonchev–Trinajstić information content (AvgIpc) is 2.03. The Bertz CT molecular complexity index is 333. The summed E-state index contributed by atoms with van der Waals surface area (Å²) >= 11 is 2.92. The molecule has 70 valence electrons. The first kappa shape index (κ1) is 10.1. The van der Waals surface area contributed by atoms with Gasteiger partial charge in [0.1, 0.15) is 5.82 Å². The van der Waals surface area contributed by atoms with Crippen molar-refractivity contribution in [2.75, 3.05) is 0 Å². The van der Waals surface area contributed by atoms with E-state index in [1.54, 1.807) is 0 Å². The molecule has 1 aromatic rings. The van der Waals surface area contributed by atoms with Gasteiger partial charge in [-0.05, 0) is 0 Å². The molecule has 1 aromatic carbocycles. The van der Waals surface area contributed by atoms with Crippen LogP contribution in [0.3, 0.4) is 0 Å². The van der Waals surface area contributed by atoms with Crippen LogP contribution >= 0.6 is 15.9 Å². The Morgan fingerprint density at radius 3 is 2.62 bits per heavy atom. The molecule has 0 fully saturated rings. The molecule has 0 aliphatic heterocycles. The van der Waals surface area contributed by atoms with Crippen LogP contribution in [0.15, 0.2) is 16.6 Å².